The van der Waals surface area contributed by atoms with Crippen molar-refractivity contribution >= 4 is 29.2 Å². The SMILES string of the molecule is CCCCCCCCCCCCCCCCCCOC(=O)COc1cc(NC(=O)c2ccccc2)c(O)c(Cl)c1C. The van der Waals surface area contributed by atoms with Crippen LogP contribution in [0.2, 0.25) is 5.02 Å². The molecule has 2 aromatic rings. The molecular formula is C34H50ClNO5. The van der Waals surface area contributed by atoms with Crippen LogP contribution in [0.4, 0.5) is 5.69 Å². The molecule has 0 heterocycles. The molecule has 2 rings (SSSR count). The minimum Gasteiger partial charge on any atom is -0.504 e. The number of halogens is 1. The van der Waals surface area contributed by atoms with E-state index in [2.05, 4.69) is 12.2 Å². The summed E-state index contributed by atoms with van der Waals surface area (Å²) >= 11 is 6.25. The Morgan fingerprint density at radius 1 is 0.805 bits per heavy atom. The van der Waals surface area contributed by atoms with Crippen LogP contribution in [0.5, 0.6) is 11.5 Å². The lowest BCUT2D eigenvalue weighted by Crippen LogP contribution is -2.16. The molecule has 6 nitrogen and oxygen atoms in total. The van der Waals surface area contributed by atoms with Crippen LogP contribution in [0, 0.1) is 6.92 Å². The van der Waals surface area contributed by atoms with Gasteiger partial charge in [-0.3, -0.25) is 4.79 Å². The Morgan fingerprint density at radius 2 is 1.32 bits per heavy atom. The van der Waals surface area contributed by atoms with E-state index < -0.39 is 11.9 Å². The van der Waals surface area contributed by atoms with E-state index in [1.807, 2.05) is 6.07 Å². The number of phenolic OH excluding ortho intramolecular Hbond substituents is 1. The lowest BCUT2D eigenvalue weighted by molar-refractivity contribution is -0.146. The molecule has 2 N–H and O–H groups in total. The highest BCUT2D eigenvalue weighted by Gasteiger charge is 2.18. The fourth-order valence-corrected chi connectivity index (χ4v) is 4.95. The van der Waals surface area contributed by atoms with E-state index in [1.54, 1.807) is 31.2 Å². The van der Waals surface area contributed by atoms with Crippen LogP contribution >= 0.6 is 11.6 Å². The van der Waals surface area contributed by atoms with Crippen molar-refractivity contribution in [3.8, 4) is 11.5 Å². The molecule has 7 heteroatoms. The van der Waals surface area contributed by atoms with E-state index in [0.717, 1.165) is 19.3 Å². The van der Waals surface area contributed by atoms with Crippen LogP contribution in [0.25, 0.3) is 0 Å². The maximum absolute atomic E-state index is 12.5. The molecule has 0 unspecified atom stereocenters. The summed E-state index contributed by atoms with van der Waals surface area (Å²) in [7, 11) is 0. The van der Waals surface area contributed by atoms with Gasteiger partial charge in [-0.25, -0.2) is 4.79 Å². The average molecular weight is 588 g/mol. The third kappa shape index (κ3) is 14.1. The van der Waals surface area contributed by atoms with Crippen molar-refractivity contribution in [3.05, 3.63) is 52.5 Å². The molecule has 0 saturated heterocycles. The van der Waals surface area contributed by atoms with Gasteiger partial charge in [-0.2, -0.15) is 0 Å². The molecule has 0 radical (unpaired) electrons. The van der Waals surface area contributed by atoms with Crippen molar-refractivity contribution in [1.82, 2.24) is 0 Å². The van der Waals surface area contributed by atoms with Crippen LogP contribution in [0.3, 0.4) is 0 Å². The first-order valence-corrected chi connectivity index (χ1v) is 16.0. The molecule has 2 aromatic carbocycles. The number of phenols is 1. The van der Waals surface area contributed by atoms with Gasteiger partial charge >= 0.3 is 5.97 Å². The quantitative estimate of drug-likeness (QED) is 0.0813. The maximum Gasteiger partial charge on any atom is 0.344 e. The number of hydrogen-bond acceptors (Lipinski definition) is 5. The molecule has 0 aliphatic carbocycles. The van der Waals surface area contributed by atoms with E-state index in [0.29, 0.717) is 17.7 Å². The number of hydrogen-bond donors (Lipinski definition) is 2. The Balaban J connectivity index is 1.54. The van der Waals surface area contributed by atoms with Gasteiger partial charge in [-0.15, -0.1) is 0 Å². The average Bonchev–Trinajstić information content (AvgIpc) is 2.98. The van der Waals surface area contributed by atoms with E-state index in [4.69, 9.17) is 21.1 Å². The zero-order valence-corrected chi connectivity index (χ0v) is 25.9. The van der Waals surface area contributed by atoms with Gasteiger partial charge in [0.25, 0.3) is 5.91 Å². The smallest absolute Gasteiger partial charge is 0.344 e. The fourth-order valence-electron chi connectivity index (χ4n) is 4.76. The first-order chi connectivity index (χ1) is 19.9. The van der Waals surface area contributed by atoms with E-state index in [1.165, 1.54) is 89.5 Å². The molecule has 0 aliphatic rings. The number of amides is 1. The van der Waals surface area contributed by atoms with Crippen LogP contribution in [-0.4, -0.2) is 30.2 Å². The van der Waals surface area contributed by atoms with Gasteiger partial charge in [0.1, 0.15) is 5.75 Å². The van der Waals surface area contributed by atoms with Crippen LogP contribution in [-0.2, 0) is 9.53 Å². The minimum absolute atomic E-state index is 0.0485. The second-order valence-corrected chi connectivity index (χ2v) is 11.2. The van der Waals surface area contributed by atoms with Crippen LogP contribution in [0.15, 0.2) is 36.4 Å². The minimum atomic E-state index is -0.468. The van der Waals surface area contributed by atoms with Crippen LogP contribution in [0.1, 0.15) is 126 Å². The second kappa shape index (κ2) is 21.0. The molecule has 41 heavy (non-hydrogen) atoms. The van der Waals surface area contributed by atoms with Gasteiger partial charge < -0.3 is 19.9 Å². The van der Waals surface area contributed by atoms with Crippen molar-refractivity contribution in [3.63, 3.8) is 0 Å². The van der Waals surface area contributed by atoms with Gasteiger partial charge in [-0.1, -0.05) is 133 Å². The topological polar surface area (TPSA) is 84.9 Å². The summed E-state index contributed by atoms with van der Waals surface area (Å²) in [6.45, 7) is 4.02. The predicted octanol–water partition coefficient (Wildman–Crippen LogP) is 9.79. The maximum atomic E-state index is 12.5. The molecule has 0 fully saturated rings. The molecular weight excluding hydrogens is 538 g/mol. The third-order valence-electron chi connectivity index (χ3n) is 7.33. The van der Waals surface area contributed by atoms with Gasteiger partial charge in [-0.05, 0) is 25.5 Å². The Hall–Kier alpha value is -2.73. The summed E-state index contributed by atoms with van der Waals surface area (Å²) in [5.41, 5.74) is 1.00. The van der Waals surface area contributed by atoms with Crippen molar-refractivity contribution in [2.75, 3.05) is 18.5 Å². The molecule has 0 atom stereocenters. The lowest BCUT2D eigenvalue weighted by Gasteiger charge is -2.15. The summed E-state index contributed by atoms with van der Waals surface area (Å²) in [4.78, 5) is 24.7. The Bertz CT molecular complexity index is 1030. The highest BCUT2D eigenvalue weighted by molar-refractivity contribution is 6.33. The second-order valence-electron chi connectivity index (χ2n) is 10.8. The summed E-state index contributed by atoms with van der Waals surface area (Å²) in [6, 6.07) is 10.1. The first kappa shape index (κ1) is 34.5. The van der Waals surface area contributed by atoms with Gasteiger partial charge in [0.05, 0.1) is 17.3 Å². The zero-order chi connectivity index (χ0) is 29.7. The molecule has 0 bridgehead atoms. The summed E-state index contributed by atoms with van der Waals surface area (Å²) in [5.74, 6) is -0.836. The molecule has 0 aliphatic heterocycles. The summed E-state index contributed by atoms with van der Waals surface area (Å²) < 4.78 is 10.9. The van der Waals surface area contributed by atoms with Crippen molar-refractivity contribution in [2.24, 2.45) is 0 Å². The number of rotatable bonds is 22. The Kier molecular flexibility index (Phi) is 17.7. The summed E-state index contributed by atoms with van der Waals surface area (Å²) in [6.07, 6.45) is 20.7. The first-order valence-electron chi connectivity index (χ1n) is 15.6. The number of unbranched alkanes of at least 4 members (excludes halogenated alkanes) is 15. The standard InChI is InChI=1S/C34H50ClNO5/c1-3-4-5-6-7-8-9-10-11-12-13-14-15-16-17-21-24-40-31(37)26-41-30-25-29(33(38)32(35)27(30)2)36-34(39)28-22-19-18-20-23-28/h18-20,22-23,25,38H,3-17,21,24,26H2,1-2H3,(H,36,39). The van der Waals surface area contributed by atoms with Gasteiger partial charge in [0.2, 0.25) is 0 Å². The Labute approximate surface area is 252 Å². The van der Waals surface area contributed by atoms with Gasteiger partial charge in [0, 0.05) is 17.2 Å². The lowest BCUT2D eigenvalue weighted by atomic mass is 10.0. The zero-order valence-electron chi connectivity index (χ0n) is 25.2. The Morgan fingerprint density at radius 3 is 1.85 bits per heavy atom. The molecule has 1 amide bonds. The van der Waals surface area contributed by atoms with E-state index >= 15 is 0 Å². The van der Waals surface area contributed by atoms with Crippen molar-refractivity contribution in [2.45, 2.75) is 117 Å². The van der Waals surface area contributed by atoms with E-state index in [-0.39, 0.29) is 28.8 Å². The number of esters is 1. The fraction of sp³-hybridized carbons (Fsp3) is 0.588. The number of ether oxygens (including phenoxy) is 2. The number of nitrogens with one attached hydrogen (secondary N) is 1. The van der Waals surface area contributed by atoms with E-state index in [9.17, 15) is 14.7 Å². The molecule has 0 aromatic heterocycles. The largest absolute Gasteiger partial charge is 0.504 e. The van der Waals surface area contributed by atoms with Crippen molar-refractivity contribution < 1.29 is 24.2 Å². The van der Waals surface area contributed by atoms with Crippen LogP contribution < -0.4 is 10.1 Å². The number of carbonyl (C=O) groups excluding carboxylic acids is 2. The normalized spacial score (nSPS) is 10.9. The monoisotopic (exact) mass is 587 g/mol. The highest BCUT2D eigenvalue weighted by atomic mass is 35.5. The van der Waals surface area contributed by atoms with Crippen molar-refractivity contribution in [1.29, 1.82) is 0 Å². The predicted molar refractivity (Wildman–Crippen MR) is 168 cm³/mol. The summed E-state index contributed by atoms with van der Waals surface area (Å²) in [5, 5.41) is 13.1. The highest BCUT2D eigenvalue weighted by Crippen LogP contribution is 2.40. The number of anilines is 1. The molecule has 0 saturated carbocycles. The molecule has 0 spiro atoms. The number of benzene rings is 2. The number of aromatic hydroxyl groups is 1. The number of carbonyl (C=O) groups is 2. The van der Waals surface area contributed by atoms with Gasteiger partial charge in [0.15, 0.2) is 12.4 Å². The third-order valence-corrected chi connectivity index (χ3v) is 7.79. The molecule has 228 valence electrons.